The summed E-state index contributed by atoms with van der Waals surface area (Å²) in [4.78, 5) is 26.7. The Kier molecular flexibility index (Phi) is 5.68. The molecular weight excluding hydrogens is 543 g/mol. The number of thiocarbonyl (C=S) groups is 1. The Balaban J connectivity index is 2.09. The van der Waals surface area contributed by atoms with Gasteiger partial charge in [0.2, 0.25) is 0 Å². The molecule has 1 aliphatic heterocycles. The Morgan fingerprint density at radius 2 is 1.89 bits per heavy atom. The first-order chi connectivity index (χ1) is 12.7. The third kappa shape index (κ3) is 3.92. The van der Waals surface area contributed by atoms with E-state index >= 15 is 0 Å². The molecule has 3 rings (SSSR count). The fourth-order valence-electron chi connectivity index (χ4n) is 2.61. The Morgan fingerprint density at radius 3 is 2.56 bits per heavy atom. The van der Waals surface area contributed by atoms with Crippen LogP contribution in [0.15, 0.2) is 40.4 Å². The number of nitrogens with zero attached hydrogens (tertiary/aromatic N) is 1. The molecule has 0 aliphatic carbocycles. The molecule has 0 saturated carbocycles. The van der Waals surface area contributed by atoms with E-state index < -0.39 is 11.8 Å². The normalized spacial score (nSPS) is 16.1. The Labute approximate surface area is 183 Å². The van der Waals surface area contributed by atoms with E-state index in [-0.39, 0.29) is 16.4 Å². The number of halogens is 2. The number of carbonyl (C=O) groups excluding carboxylic acids is 2. The molecule has 0 radical (unpaired) electrons. The van der Waals surface area contributed by atoms with Gasteiger partial charge in [-0.2, -0.15) is 0 Å². The second kappa shape index (κ2) is 7.69. The van der Waals surface area contributed by atoms with Gasteiger partial charge in [-0.25, -0.2) is 0 Å². The van der Waals surface area contributed by atoms with Crippen molar-refractivity contribution in [3.05, 3.63) is 60.6 Å². The minimum atomic E-state index is -0.598. The number of hydrogen-bond donors (Lipinski definition) is 2. The number of carbonyl (C=O) groups is 2. The van der Waals surface area contributed by atoms with Crippen LogP contribution < -0.4 is 10.2 Å². The smallest absolute Gasteiger partial charge is 0.270 e. The summed E-state index contributed by atoms with van der Waals surface area (Å²) < 4.78 is 1.32. The van der Waals surface area contributed by atoms with Crippen LogP contribution in [0.2, 0.25) is 0 Å². The Morgan fingerprint density at radius 1 is 1.19 bits per heavy atom. The number of nitrogens with one attached hydrogen (secondary N) is 1. The molecule has 8 heteroatoms. The molecule has 1 aliphatic rings. The van der Waals surface area contributed by atoms with Gasteiger partial charge in [0.25, 0.3) is 11.8 Å². The number of aryl methyl sites for hydroxylation is 2. The van der Waals surface area contributed by atoms with E-state index in [1.807, 2.05) is 48.6 Å². The largest absolute Gasteiger partial charge is 0.506 e. The number of phenolic OH excluding ortho intramolecular Hbond substituents is 1. The van der Waals surface area contributed by atoms with Crippen LogP contribution in [0, 0.1) is 17.4 Å². The van der Waals surface area contributed by atoms with Crippen molar-refractivity contribution in [2.45, 2.75) is 13.8 Å². The highest BCUT2D eigenvalue weighted by molar-refractivity contribution is 14.1. The topological polar surface area (TPSA) is 69.6 Å². The maximum absolute atomic E-state index is 13.0. The van der Waals surface area contributed by atoms with Gasteiger partial charge < -0.3 is 5.11 Å². The summed E-state index contributed by atoms with van der Waals surface area (Å²) in [5.74, 6) is -1.14. The van der Waals surface area contributed by atoms with Crippen molar-refractivity contribution in [3.63, 3.8) is 0 Å². The number of hydrogen-bond acceptors (Lipinski definition) is 4. The van der Waals surface area contributed by atoms with Crippen LogP contribution in [0.25, 0.3) is 6.08 Å². The lowest BCUT2D eigenvalue weighted by Gasteiger charge is -2.29. The molecule has 0 spiro atoms. The monoisotopic (exact) mass is 556 g/mol. The van der Waals surface area contributed by atoms with Gasteiger partial charge in [0.15, 0.2) is 5.11 Å². The van der Waals surface area contributed by atoms with Crippen LogP contribution in [-0.2, 0) is 9.59 Å². The molecule has 2 aromatic carbocycles. The van der Waals surface area contributed by atoms with Crippen LogP contribution >= 0.6 is 50.7 Å². The average molecular weight is 557 g/mol. The number of phenols is 1. The molecular formula is C19H14BrIN2O3S. The van der Waals surface area contributed by atoms with Gasteiger partial charge in [-0.15, -0.1) is 0 Å². The van der Waals surface area contributed by atoms with Crippen LogP contribution in [0.4, 0.5) is 5.69 Å². The fraction of sp³-hybridized carbons (Fsp3) is 0.105. The molecule has 2 amide bonds. The molecule has 1 heterocycles. The van der Waals surface area contributed by atoms with Crippen LogP contribution in [-0.4, -0.2) is 22.0 Å². The summed E-state index contributed by atoms with van der Waals surface area (Å²) in [5, 5.41) is 12.8. The zero-order chi connectivity index (χ0) is 19.9. The molecule has 2 aromatic rings. The summed E-state index contributed by atoms with van der Waals surface area (Å²) in [7, 11) is 0. The Hall–Kier alpha value is -1.78. The van der Waals surface area contributed by atoms with E-state index in [9.17, 15) is 14.7 Å². The van der Waals surface area contributed by atoms with Crippen LogP contribution in [0.3, 0.4) is 0 Å². The van der Waals surface area contributed by atoms with Crippen molar-refractivity contribution in [2.24, 2.45) is 0 Å². The SMILES string of the molecule is Cc1ccc(N2C(=O)C(=Cc3cc(Br)cc(I)c3O)C(=O)NC2=S)cc1C. The van der Waals surface area contributed by atoms with Crippen molar-refractivity contribution in [1.29, 1.82) is 0 Å². The molecule has 0 unspecified atom stereocenters. The number of aromatic hydroxyl groups is 1. The second-order valence-corrected chi connectivity index (χ2v) is 8.52. The molecule has 0 bridgehead atoms. The highest BCUT2D eigenvalue weighted by atomic mass is 127. The quantitative estimate of drug-likeness (QED) is 0.252. The van der Waals surface area contributed by atoms with E-state index in [2.05, 4.69) is 21.2 Å². The minimum absolute atomic E-state index is 0.00206. The van der Waals surface area contributed by atoms with Gasteiger partial charge in [-0.3, -0.25) is 19.8 Å². The van der Waals surface area contributed by atoms with Crippen molar-refractivity contribution in [3.8, 4) is 5.75 Å². The van der Waals surface area contributed by atoms with E-state index in [4.69, 9.17) is 12.2 Å². The third-order valence-corrected chi connectivity index (χ3v) is 5.77. The van der Waals surface area contributed by atoms with E-state index in [0.29, 0.717) is 14.8 Å². The third-order valence-electron chi connectivity index (χ3n) is 4.21. The van der Waals surface area contributed by atoms with E-state index in [0.717, 1.165) is 15.6 Å². The molecule has 0 aromatic heterocycles. The maximum Gasteiger partial charge on any atom is 0.270 e. The molecule has 1 saturated heterocycles. The van der Waals surface area contributed by atoms with Crippen molar-refractivity contribution in [1.82, 2.24) is 5.32 Å². The first-order valence-corrected chi connectivity index (χ1v) is 10.1. The number of rotatable bonds is 2. The fourth-order valence-corrected chi connectivity index (χ4v) is 4.44. The number of anilines is 1. The number of amides is 2. The van der Waals surface area contributed by atoms with E-state index in [1.165, 1.54) is 11.0 Å². The highest BCUT2D eigenvalue weighted by Crippen LogP contribution is 2.31. The van der Waals surface area contributed by atoms with Crippen molar-refractivity contribution in [2.75, 3.05) is 4.90 Å². The Bertz CT molecular complexity index is 1040. The summed E-state index contributed by atoms with van der Waals surface area (Å²) in [6.45, 7) is 3.91. The summed E-state index contributed by atoms with van der Waals surface area (Å²) in [6.07, 6.45) is 1.37. The van der Waals surface area contributed by atoms with Gasteiger partial charge in [-0.1, -0.05) is 22.0 Å². The molecule has 0 atom stereocenters. The minimum Gasteiger partial charge on any atom is -0.506 e. The second-order valence-electron chi connectivity index (χ2n) is 6.05. The van der Waals surface area contributed by atoms with Gasteiger partial charge in [0, 0.05) is 10.0 Å². The zero-order valence-corrected chi connectivity index (χ0v) is 18.9. The predicted octanol–water partition coefficient (Wildman–Crippen LogP) is 4.21. The summed E-state index contributed by atoms with van der Waals surface area (Å²) in [5.41, 5.74) is 2.92. The van der Waals surface area contributed by atoms with Crippen molar-refractivity contribution < 1.29 is 14.7 Å². The molecule has 1 fully saturated rings. The maximum atomic E-state index is 13.0. The predicted molar refractivity (Wildman–Crippen MR) is 121 cm³/mol. The first kappa shape index (κ1) is 20.0. The summed E-state index contributed by atoms with van der Waals surface area (Å²) in [6, 6.07) is 8.88. The van der Waals surface area contributed by atoms with Gasteiger partial charge in [0.1, 0.15) is 11.3 Å². The highest BCUT2D eigenvalue weighted by Gasteiger charge is 2.34. The number of benzene rings is 2. The zero-order valence-electron chi connectivity index (χ0n) is 14.3. The lowest BCUT2D eigenvalue weighted by molar-refractivity contribution is -0.122. The lowest BCUT2D eigenvalue weighted by atomic mass is 10.0. The van der Waals surface area contributed by atoms with Crippen molar-refractivity contribution >= 4 is 79.4 Å². The average Bonchev–Trinajstić information content (AvgIpc) is 2.58. The van der Waals surface area contributed by atoms with Gasteiger partial charge in [-0.05, 0) is 90.1 Å². The molecule has 27 heavy (non-hydrogen) atoms. The first-order valence-electron chi connectivity index (χ1n) is 7.85. The van der Waals surface area contributed by atoms with Gasteiger partial charge in [0.05, 0.1) is 9.26 Å². The van der Waals surface area contributed by atoms with Crippen LogP contribution in [0.5, 0.6) is 5.75 Å². The van der Waals surface area contributed by atoms with E-state index in [1.54, 1.807) is 18.2 Å². The standard InChI is InChI=1S/C19H14BrIN2O3S/c1-9-3-4-13(5-10(9)2)23-18(26)14(17(25)22-19(23)27)7-11-6-12(20)8-15(21)16(11)24/h3-8,24H,1-2H3,(H,22,25,27). The van der Waals surface area contributed by atoms with Gasteiger partial charge >= 0.3 is 0 Å². The molecule has 138 valence electrons. The molecule has 2 N–H and O–H groups in total. The molecule has 5 nitrogen and oxygen atoms in total. The summed E-state index contributed by atoms with van der Waals surface area (Å²) >= 11 is 10.5. The van der Waals surface area contributed by atoms with Crippen LogP contribution in [0.1, 0.15) is 16.7 Å². The lowest BCUT2D eigenvalue weighted by Crippen LogP contribution is -2.54.